The number of pyridine rings is 1. The van der Waals surface area contributed by atoms with Gasteiger partial charge in [-0.15, -0.1) is 0 Å². The maximum absolute atomic E-state index is 10.5. The summed E-state index contributed by atoms with van der Waals surface area (Å²) in [5.74, 6) is 0. The molecule has 1 aromatic heterocycles. The first-order valence-corrected chi connectivity index (χ1v) is 3.60. The number of nitrogens with zero attached hydrogens (tertiary/aromatic N) is 1. The molecule has 10 heavy (non-hydrogen) atoms. The van der Waals surface area contributed by atoms with Crippen molar-refractivity contribution in [3.05, 3.63) is 29.7 Å². The molecule has 0 amide bonds. The fraction of sp³-hybridized carbons (Fsp3) is 0. The second-order valence-electron chi connectivity index (χ2n) is 1.65. The molecule has 4 nitrogen and oxygen atoms in total. The zero-order chi connectivity index (χ0) is 7.56. The van der Waals surface area contributed by atoms with Crippen molar-refractivity contribution in [3.63, 3.8) is 0 Å². The highest BCUT2D eigenvalue weighted by molar-refractivity contribution is 7.79. The number of hydrogen-bond donors (Lipinski definition) is 1. The minimum Gasteiger partial charge on any atom is -0.619 e. The van der Waals surface area contributed by atoms with E-state index in [-0.39, 0.29) is 4.90 Å². The molecule has 1 N–H and O–H groups in total. The van der Waals surface area contributed by atoms with Crippen LogP contribution in [0.2, 0.25) is 0 Å². The molecule has 1 heterocycles. The molecule has 0 saturated heterocycles. The molecule has 0 bridgehead atoms. The molecule has 0 fully saturated rings. The van der Waals surface area contributed by atoms with Crippen molar-refractivity contribution >= 4 is 11.1 Å². The van der Waals surface area contributed by atoms with Gasteiger partial charge in [-0.1, -0.05) is 0 Å². The number of rotatable bonds is 1. The predicted molar refractivity (Wildman–Crippen MR) is 34.4 cm³/mol. The highest BCUT2D eigenvalue weighted by Gasteiger charge is 2.01. The van der Waals surface area contributed by atoms with Gasteiger partial charge < -0.3 is 9.76 Å². The maximum Gasteiger partial charge on any atom is 0.198 e. The third-order valence-electron chi connectivity index (χ3n) is 0.950. The van der Waals surface area contributed by atoms with Crippen LogP contribution in [0, 0.1) is 5.21 Å². The van der Waals surface area contributed by atoms with Gasteiger partial charge in [0, 0.05) is 6.07 Å². The Kier molecular flexibility index (Phi) is 1.98. The molecular formula is C5H5NO3S. The third kappa shape index (κ3) is 1.52. The van der Waals surface area contributed by atoms with E-state index in [0.717, 1.165) is 6.20 Å². The highest BCUT2D eigenvalue weighted by Crippen LogP contribution is 1.97. The lowest BCUT2D eigenvalue weighted by Crippen LogP contribution is -2.24. The molecule has 5 heteroatoms. The van der Waals surface area contributed by atoms with Gasteiger partial charge in [-0.2, -0.15) is 4.73 Å². The second-order valence-corrected chi connectivity index (χ2v) is 2.62. The topological polar surface area (TPSA) is 64.2 Å². The van der Waals surface area contributed by atoms with E-state index in [1.165, 1.54) is 18.3 Å². The van der Waals surface area contributed by atoms with Crippen LogP contribution in [0.1, 0.15) is 0 Å². The summed E-state index contributed by atoms with van der Waals surface area (Å²) in [6, 6.07) is 2.82. The van der Waals surface area contributed by atoms with Gasteiger partial charge in [-0.05, 0) is 6.07 Å². The molecule has 0 saturated carbocycles. The lowest BCUT2D eigenvalue weighted by molar-refractivity contribution is -0.607. The molecule has 0 aliphatic rings. The standard InChI is InChI=1S/C5H5NO3S/c7-6-3-1-2-5(4-6)10(8)9/h1-4H,(H,8,9). The summed E-state index contributed by atoms with van der Waals surface area (Å²) in [5, 5.41) is 10.5. The van der Waals surface area contributed by atoms with Crippen LogP contribution in [-0.4, -0.2) is 8.76 Å². The summed E-state index contributed by atoms with van der Waals surface area (Å²) in [4.78, 5) is 0.109. The molecule has 54 valence electrons. The Bertz CT molecular complexity index is 263. The van der Waals surface area contributed by atoms with Crippen molar-refractivity contribution in [1.82, 2.24) is 0 Å². The van der Waals surface area contributed by atoms with Crippen LogP contribution in [0.4, 0.5) is 0 Å². The SMILES string of the molecule is O=S(O)c1ccc[n+]([O-])c1. The van der Waals surface area contributed by atoms with E-state index in [4.69, 9.17) is 4.55 Å². The van der Waals surface area contributed by atoms with Gasteiger partial charge >= 0.3 is 0 Å². The van der Waals surface area contributed by atoms with Crippen molar-refractivity contribution in [3.8, 4) is 0 Å². The fourth-order valence-corrected chi connectivity index (χ4v) is 0.927. The van der Waals surface area contributed by atoms with Gasteiger partial charge in [0.2, 0.25) is 0 Å². The molecule has 0 aliphatic heterocycles. The van der Waals surface area contributed by atoms with Crippen molar-refractivity contribution in [2.45, 2.75) is 4.90 Å². The molecule has 1 unspecified atom stereocenters. The van der Waals surface area contributed by atoms with E-state index in [9.17, 15) is 9.42 Å². The first-order valence-electron chi connectivity index (χ1n) is 2.50. The Hall–Kier alpha value is -0.940. The predicted octanol–water partition coefficient (Wildman–Crippen LogP) is -0.0994. The van der Waals surface area contributed by atoms with Crippen LogP contribution in [0.3, 0.4) is 0 Å². The third-order valence-corrected chi connectivity index (χ3v) is 1.59. The molecule has 1 rings (SSSR count). The lowest BCUT2D eigenvalue weighted by Gasteiger charge is -1.94. The van der Waals surface area contributed by atoms with Gasteiger partial charge in [-0.25, -0.2) is 4.21 Å². The smallest absolute Gasteiger partial charge is 0.198 e. The second kappa shape index (κ2) is 2.76. The van der Waals surface area contributed by atoms with E-state index in [1.807, 2.05) is 0 Å². The van der Waals surface area contributed by atoms with Crippen LogP contribution in [0.15, 0.2) is 29.4 Å². The van der Waals surface area contributed by atoms with E-state index < -0.39 is 11.1 Å². The molecule has 1 atom stereocenters. The molecule has 0 aromatic carbocycles. The maximum atomic E-state index is 10.5. The monoisotopic (exact) mass is 159 g/mol. The Morgan fingerprint density at radius 2 is 2.40 bits per heavy atom. The van der Waals surface area contributed by atoms with Crippen LogP contribution < -0.4 is 4.73 Å². The zero-order valence-corrected chi connectivity index (χ0v) is 5.75. The summed E-state index contributed by atoms with van der Waals surface area (Å²) < 4.78 is 19.3. The summed E-state index contributed by atoms with van der Waals surface area (Å²) >= 11 is -2.06. The first-order chi connectivity index (χ1) is 4.70. The van der Waals surface area contributed by atoms with Crippen LogP contribution in [0.25, 0.3) is 0 Å². The van der Waals surface area contributed by atoms with Crippen molar-refractivity contribution in [2.75, 3.05) is 0 Å². The largest absolute Gasteiger partial charge is 0.619 e. The van der Waals surface area contributed by atoms with E-state index in [1.54, 1.807) is 0 Å². The van der Waals surface area contributed by atoms with Gasteiger partial charge in [0.05, 0.1) is 0 Å². The summed E-state index contributed by atoms with van der Waals surface area (Å²) in [5.41, 5.74) is 0. The summed E-state index contributed by atoms with van der Waals surface area (Å²) in [6.45, 7) is 0. The van der Waals surface area contributed by atoms with Crippen molar-refractivity contribution in [2.24, 2.45) is 0 Å². The highest BCUT2D eigenvalue weighted by atomic mass is 32.2. The van der Waals surface area contributed by atoms with Crippen LogP contribution >= 0.6 is 0 Å². The average Bonchev–Trinajstić information content (AvgIpc) is 1.88. The van der Waals surface area contributed by atoms with Crippen molar-refractivity contribution < 1.29 is 13.5 Å². The minimum absolute atomic E-state index is 0.109. The molecular weight excluding hydrogens is 154 g/mol. The Morgan fingerprint density at radius 3 is 2.80 bits per heavy atom. The first kappa shape index (κ1) is 7.17. The Balaban J connectivity index is 3.07. The molecule has 0 spiro atoms. The summed E-state index contributed by atoms with van der Waals surface area (Å²) in [6.07, 6.45) is 2.30. The molecule has 0 radical (unpaired) electrons. The van der Waals surface area contributed by atoms with Gasteiger partial charge in [-0.3, -0.25) is 0 Å². The Morgan fingerprint density at radius 1 is 1.70 bits per heavy atom. The number of aromatic nitrogens is 1. The lowest BCUT2D eigenvalue weighted by atomic mass is 10.5. The average molecular weight is 159 g/mol. The quantitative estimate of drug-likeness (QED) is 0.353. The van der Waals surface area contributed by atoms with Crippen LogP contribution in [0.5, 0.6) is 0 Å². The molecule has 1 aromatic rings. The van der Waals surface area contributed by atoms with E-state index in [2.05, 4.69) is 0 Å². The van der Waals surface area contributed by atoms with Gasteiger partial charge in [0.1, 0.15) is 4.90 Å². The zero-order valence-electron chi connectivity index (χ0n) is 4.93. The van der Waals surface area contributed by atoms with Gasteiger partial charge in [0.15, 0.2) is 23.5 Å². The van der Waals surface area contributed by atoms with Gasteiger partial charge in [0.25, 0.3) is 0 Å². The molecule has 0 aliphatic carbocycles. The van der Waals surface area contributed by atoms with E-state index >= 15 is 0 Å². The van der Waals surface area contributed by atoms with Crippen LogP contribution in [-0.2, 0) is 11.1 Å². The van der Waals surface area contributed by atoms with E-state index in [0.29, 0.717) is 4.73 Å². The van der Waals surface area contributed by atoms with Crippen molar-refractivity contribution in [1.29, 1.82) is 0 Å². The minimum atomic E-state index is -2.06. The normalized spacial score (nSPS) is 12.9. The number of hydrogen-bond acceptors (Lipinski definition) is 2. The summed E-state index contributed by atoms with van der Waals surface area (Å²) in [7, 11) is 0. The fourth-order valence-electron chi connectivity index (χ4n) is 0.537. The Labute approximate surface area is 60.0 Å².